The predicted molar refractivity (Wildman–Crippen MR) is 89.6 cm³/mol. The van der Waals surface area contributed by atoms with E-state index in [1.807, 2.05) is 13.0 Å². The third-order valence-electron chi connectivity index (χ3n) is 2.75. The zero-order valence-electron chi connectivity index (χ0n) is 11.1. The Morgan fingerprint density at radius 3 is 2.81 bits per heavy atom. The van der Waals surface area contributed by atoms with E-state index in [9.17, 15) is 4.79 Å². The Hall–Kier alpha value is -0.850. The lowest BCUT2D eigenvalue weighted by Crippen LogP contribution is -2.27. The molecule has 0 spiro atoms. The summed E-state index contributed by atoms with van der Waals surface area (Å²) in [5.41, 5.74) is 6.60. The standard InChI is InChI=1S/C13H13Cl2N3OS.ClH/c1-7(8-3-2-4-9(14)12(8)15)17-13(19)10-6-20-11(5-16)18-10;/h2-4,6-7H,5,16H2,1H3,(H,17,19);1H. The van der Waals surface area contributed by atoms with Crippen LogP contribution >= 0.6 is 46.9 Å². The number of nitrogens with one attached hydrogen (secondary N) is 1. The van der Waals surface area contributed by atoms with Gasteiger partial charge in [-0.2, -0.15) is 0 Å². The zero-order valence-corrected chi connectivity index (χ0v) is 14.2. The number of nitrogens with two attached hydrogens (primary N) is 1. The van der Waals surface area contributed by atoms with Crippen molar-refractivity contribution in [3.05, 3.63) is 49.9 Å². The summed E-state index contributed by atoms with van der Waals surface area (Å²) < 4.78 is 0. The van der Waals surface area contributed by atoms with Gasteiger partial charge < -0.3 is 11.1 Å². The van der Waals surface area contributed by atoms with Gasteiger partial charge in [-0.1, -0.05) is 35.3 Å². The van der Waals surface area contributed by atoms with Crippen LogP contribution in [-0.4, -0.2) is 10.9 Å². The molecular weight excluding hydrogens is 353 g/mol. The molecule has 0 saturated heterocycles. The molecule has 0 saturated carbocycles. The second-order valence-electron chi connectivity index (χ2n) is 4.17. The fourth-order valence-corrected chi connectivity index (χ4v) is 2.84. The van der Waals surface area contributed by atoms with Crippen LogP contribution in [0.3, 0.4) is 0 Å². The SMILES string of the molecule is CC(NC(=O)c1csc(CN)n1)c1cccc(Cl)c1Cl.Cl. The van der Waals surface area contributed by atoms with E-state index in [-0.39, 0.29) is 24.4 Å². The van der Waals surface area contributed by atoms with Crippen molar-refractivity contribution in [1.29, 1.82) is 0 Å². The Balaban J connectivity index is 0.00000220. The van der Waals surface area contributed by atoms with Gasteiger partial charge in [-0.15, -0.1) is 23.7 Å². The summed E-state index contributed by atoms with van der Waals surface area (Å²) in [5, 5.41) is 6.16. The van der Waals surface area contributed by atoms with Gasteiger partial charge in [0, 0.05) is 11.9 Å². The highest BCUT2D eigenvalue weighted by Crippen LogP contribution is 2.29. The maximum absolute atomic E-state index is 12.1. The van der Waals surface area contributed by atoms with E-state index in [2.05, 4.69) is 10.3 Å². The first-order valence-electron chi connectivity index (χ1n) is 5.92. The molecule has 0 aliphatic heterocycles. The van der Waals surface area contributed by atoms with Crippen molar-refractivity contribution in [2.45, 2.75) is 19.5 Å². The molecule has 1 aromatic heterocycles. The highest BCUT2D eigenvalue weighted by molar-refractivity contribution is 7.09. The molecule has 1 heterocycles. The summed E-state index contributed by atoms with van der Waals surface area (Å²) in [6, 6.07) is 5.06. The Morgan fingerprint density at radius 1 is 1.48 bits per heavy atom. The first-order chi connectivity index (χ1) is 9.52. The van der Waals surface area contributed by atoms with E-state index in [1.54, 1.807) is 17.5 Å². The monoisotopic (exact) mass is 365 g/mol. The maximum Gasteiger partial charge on any atom is 0.271 e. The van der Waals surface area contributed by atoms with Gasteiger partial charge in [0.25, 0.3) is 5.91 Å². The molecule has 0 bridgehead atoms. The van der Waals surface area contributed by atoms with E-state index >= 15 is 0 Å². The minimum absolute atomic E-state index is 0. The van der Waals surface area contributed by atoms with E-state index in [1.165, 1.54) is 11.3 Å². The summed E-state index contributed by atoms with van der Waals surface area (Å²) in [7, 11) is 0. The minimum atomic E-state index is -0.267. The van der Waals surface area contributed by atoms with Crippen LogP contribution in [0.4, 0.5) is 0 Å². The average Bonchev–Trinajstić information content (AvgIpc) is 2.90. The van der Waals surface area contributed by atoms with Gasteiger partial charge in [-0.25, -0.2) is 4.98 Å². The van der Waals surface area contributed by atoms with Crippen molar-refractivity contribution in [3.8, 4) is 0 Å². The molecule has 1 unspecified atom stereocenters. The first kappa shape index (κ1) is 18.2. The lowest BCUT2D eigenvalue weighted by molar-refractivity contribution is 0.0935. The quantitative estimate of drug-likeness (QED) is 0.864. The molecule has 1 amide bonds. The third-order valence-corrected chi connectivity index (χ3v) is 4.46. The third kappa shape index (κ3) is 4.31. The number of amides is 1. The molecule has 0 fully saturated rings. The van der Waals surface area contributed by atoms with Crippen LogP contribution in [0, 0.1) is 0 Å². The van der Waals surface area contributed by atoms with Gasteiger partial charge in [0.1, 0.15) is 10.7 Å². The molecule has 1 aromatic carbocycles. The smallest absolute Gasteiger partial charge is 0.271 e. The predicted octanol–water partition coefficient (Wildman–Crippen LogP) is 3.82. The average molecular weight is 367 g/mol. The molecule has 0 aliphatic carbocycles. The van der Waals surface area contributed by atoms with Crippen LogP contribution in [0.2, 0.25) is 10.0 Å². The van der Waals surface area contributed by atoms with Crippen LogP contribution in [0.25, 0.3) is 0 Å². The van der Waals surface area contributed by atoms with Crippen molar-refractivity contribution in [3.63, 3.8) is 0 Å². The molecule has 114 valence electrons. The molecule has 2 rings (SSSR count). The Labute approximate surface area is 143 Å². The number of carbonyl (C=O) groups is 1. The summed E-state index contributed by atoms with van der Waals surface area (Å²) in [4.78, 5) is 16.2. The van der Waals surface area contributed by atoms with Crippen LogP contribution in [0.15, 0.2) is 23.6 Å². The molecule has 0 aliphatic rings. The van der Waals surface area contributed by atoms with E-state index in [4.69, 9.17) is 28.9 Å². The van der Waals surface area contributed by atoms with Crippen LogP contribution < -0.4 is 11.1 Å². The number of rotatable bonds is 4. The van der Waals surface area contributed by atoms with Crippen molar-refractivity contribution in [2.75, 3.05) is 0 Å². The number of halogens is 3. The fraction of sp³-hybridized carbons (Fsp3) is 0.231. The van der Waals surface area contributed by atoms with Gasteiger partial charge in [-0.05, 0) is 18.6 Å². The van der Waals surface area contributed by atoms with Crippen molar-refractivity contribution in [2.24, 2.45) is 5.73 Å². The number of carbonyl (C=O) groups excluding carboxylic acids is 1. The Bertz CT molecular complexity index is 633. The van der Waals surface area contributed by atoms with E-state index < -0.39 is 0 Å². The Morgan fingerprint density at radius 2 is 2.19 bits per heavy atom. The molecule has 0 radical (unpaired) electrons. The number of hydrogen-bond donors (Lipinski definition) is 2. The lowest BCUT2D eigenvalue weighted by atomic mass is 10.1. The molecule has 8 heteroatoms. The number of benzene rings is 1. The lowest BCUT2D eigenvalue weighted by Gasteiger charge is -2.15. The summed E-state index contributed by atoms with van der Waals surface area (Å²) in [6.07, 6.45) is 0. The maximum atomic E-state index is 12.1. The van der Waals surface area contributed by atoms with E-state index in [0.717, 1.165) is 10.6 Å². The Kier molecular flexibility index (Phi) is 6.90. The normalized spacial score (nSPS) is 11.6. The van der Waals surface area contributed by atoms with Crippen molar-refractivity contribution < 1.29 is 4.79 Å². The van der Waals surface area contributed by atoms with Gasteiger partial charge in [0.05, 0.1) is 16.1 Å². The van der Waals surface area contributed by atoms with Gasteiger partial charge in [0.15, 0.2) is 0 Å². The summed E-state index contributed by atoms with van der Waals surface area (Å²) in [6.45, 7) is 2.17. The molecule has 3 N–H and O–H groups in total. The summed E-state index contributed by atoms with van der Waals surface area (Å²) in [5.74, 6) is -0.260. The number of nitrogens with zero attached hydrogens (tertiary/aromatic N) is 1. The highest BCUT2D eigenvalue weighted by Gasteiger charge is 2.17. The van der Waals surface area contributed by atoms with Gasteiger partial charge >= 0.3 is 0 Å². The topological polar surface area (TPSA) is 68.0 Å². The second kappa shape index (κ2) is 7.96. The second-order valence-corrected chi connectivity index (χ2v) is 5.90. The number of hydrogen-bond acceptors (Lipinski definition) is 4. The zero-order chi connectivity index (χ0) is 14.7. The first-order valence-corrected chi connectivity index (χ1v) is 7.55. The van der Waals surface area contributed by atoms with Crippen LogP contribution in [0.5, 0.6) is 0 Å². The van der Waals surface area contributed by atoms with E-state index in [0.29, 0.717) is 22.3 Å². The van der Waals surface area contributed by atoms with Crippen LogP contribution in [-0.2, 0) is 6.54 Å². The number of thiazole rings is 1. The van der Waals surface area contributed by atoms with Crippen molar-refractivity contribution in [1.82, 2.24) is 10.3 Å². The molecule has 21 heavy (non-hydrogen) atoms. The van der Waals surface area contributed by atoms with Crippen LogP contribution in [0.1, 0.15) is 34.0 Å². The van der Waals surface area contributed by atoms with Crippen molar-refractivity contribution >= 4 is 52.9 Å². The van der Waals surface area contributed by atoms with Gasteiger partial charge in [-0.3, -0.25) is 4.79 Å². The number of aromatic nitrogens is 1. The highest BCUT2D eigenvalue weighted by atomic mass is 35.5. The largest absolute Gasteiger partial charge is 0.344 e. The molecular formula is C13H14Cl3N3OS. The fourth-order valence-electron chi connectivity index (χ4n) is 1.71. The van der Waals surface area contributed by atoms with Gasteiger partial charge in [0.2, 0.25) is 0 Å². The summed E-state index contributed by atoms with van der Waals surface area (Å²) >= 11 is 13.5. The molecule has 2 aromatic rings. The molecule has 1 atom stereocenters. The molecule has 4 nitrogen and oxygen atoms in total. The minimum Gasteiger partial charge on any atom is -0.344 e.